The number of halogens is 3. The molecule has 8 heteroatoms. The van der Waals surface area contributed by atoms with E-state index in [-0.39, 0.29) is 6.54 Å². The van der Waals surface area contributed by atoms with Crippen LogP contribution in [0.5, 0.6) is 11.5 Å². The van der Waals surface area contributed by atoms with Gasteiger partial charge >= 0.3 is 6.18 Å². The van der Waals surface area contributed by atoms with Crippen molar-refractivity contribution in [1.82, 2.24) is 5.32 Å². The molecule has 0 amide bonds. The number of nitrogens with one attached hydrogen (secondary N) is 2. The molecule has 0 saturated heterocycles. The molecule has 0 aliphatic heterocycles. The van der Waals surface area contributed by atoms with Crippen molar-refractivity contribution in [2.45, 2.75) is 19.6 Å². The molecule has 0 aliphatic carbocycles. The zero-order valence-corrected chi connectivity index (χ0v) is 15.4. The highest BCUT2D eigenvalue weighted by Gasteiger charge is 2.29. The molecule has 2 aromatic carbocycles. The summed E-state index contributed by atoms with van der Waals surface area (Å²) in [4.78, 5) is 4.41. The van der Waals surface area contributed by atoms with Gasteiger partial charge in [-0.3, -0.25) is 0 Å². The highest BCUT2D eigenvalue weighted by atomic mass is 19.4. The van der Waals surface area contributed by atoms with Gasteiger partial charge in [-0.15, -0.1) is 0 Å². The number of nitrogens with zero attached hydrogens (tertiary/aromatic N) is 1. The molecule has 2 rings (SSSR count). The van der Waals surface area contributed by atoms with Gasteiger partial charge in [0, 0.05) is 18.3 Å². The zero-order chi connectivity index (χ0) is 19.9. The van der Waals surface area contributed by atoms with Crippen molar-refractivity contribution in [2.75, 3.05) is 26.1 Å². The fraction of sp³-hybridized carbons (Fsp3) is 0.316. The minimum absolute atomic E-state index is 0.237. The van der Waals surface area contributed by atoms with E-state index in [1.165, 1.54) is 12.1 Å². The van der Waals surface area contributed by atoms with E-state index < -0.39 is 11.7 Å². The van der Waals surface area contributed by atoms with Gasteiger partial charge in [0.05, 0.1) is 26.3 Å². The van der Waals surface area contributed by atoms with Gasteiger partial charge < -0.3 is 20.1 Å². The normalized spacial score (nSPS) is 11.9. The first-order valence-electron chi connectivity index (χ1n) is 8.31. The Morgan fingerprint density at radius 1 is 1.00 bits per heavy atom. The van der Waals surface area contributed by atoms with Crippen LogP contribution in [-0.4, -0.2) is 26.7 Å². The number of methoxy groups -OCH3 is 2. The molecule has 0 radical (unpaired) electrons. The van der Waals surface area contributed by atoms with Crippen molar-refractivity contribution in [3.8, 4) is 11.5 Å². The van der Waals surface area contributed by atoms with Crippen molar-refractivity contribution < 1.29 is 22.6 Å². The Bertz CT molecular complexity index is 775. The second-order valence-electron chi connectivity index (χ2n) is 5.58. The second-order valence-corrected chi connectivity index (χ2v) is 5.58. The van der Waals surface area contributed by atoms with Crippen LogP contribution in [0, 0.1) is 0 Å². The van der Waals surface area contributed by atoms with Gasteiger partial charge in [-0.25, -0.2) is 4.99 Å². The highest BCUT2D eigenvalue weighted by Crippen LogP contribution is 2.30. The molecular weight excluding hydrogens is 359 g/mol. The number of anilines is 1. The maximum atomic E-state index is 12.6. The van der Waals surface area contributed by atoms with Crippen LogP contribution in [0.3, 0.4) is 0 Å². The number of alkyl halides is 3. The third-order valence-electron chi connectivity index (χ3n) is 3.69. The van der Waals surface area contributed by atoms with E-state index in [0.717, 1.165) is 17.8 Å². The fourth-order valence-electron chi connectivity index (χ4n) is 2.33. The molecular formula is C19H22F3N3O2. The first-order valence-corrected chi connectivity index (χ1v) is 8.31. The smallest absolute Gasteiger partial charge is 0.416 e. The predicted molar refractivity (Wildman–Crippen MR) is 99.4 cm³/mol. The minimum Gasteiger partial charge on any atom is -0.493 e. The summed E-state index contributed by atoms with van der Waals surface area (Å²) >= 11 is 0. The van der Waals surface area contributed by atoms with Crippen molar-refractivity contribution in [2.24, 2.45) is 4.99 Å². The first-order chi connectivity index (χ1) is 12.9. The van der Waals surface area contributed by atoms with E-state index >= 15 is 0 Å². The molecule has 0 fully saturated rings. The maximum absolute atomic E-state index is 12.6. The van der Waals surface area contributed by atoms with E-state index in [9.17, 15) is 13.2 Å². The number of guanidine groups is 1. The first kappa shape index (κ1) is 20.4. The lowest BCUT2D eigenvalue weighted by atomic mass is 10.1. The summed E-state index contributed by atoms with van der Waals surface area (Å²) in [6.45, 7) is 2.79. The summed E-state index contributed by atoms with van der Waals surface area (Å²) < 4.78 is 48.3. The molecule has 27 heavy (non-hydrogen) atoms. The van der Waals surface area contributed by atoms with E-state index in [4.69, 9.17) is 9.47 Å². The topological polar surface area (TPSA) is 54.9 Å². The van der Waals surface area contributed by atoms with Gasteiger partial charge in [-0.1, -0.05) is 12.1 Å². The van der Waals surface area contributed by atoms with Crippen LogP contribution in [0.1, 0.15) is 18.1 Å². The van der Waals surface area contributed by atoms with E-state index in [1.54, 1.807) is 26.4 Å². The van der Waals surface area contributed by atoms with Crippen LogP contribution in [-0.2, 0) is 12.7 Å². The van der Waals surface area contributed by atoms with Crippen molar-refractivity contribution in [3.05, 3.63) is 53.6 Å². The lowest BCUT2D eigenvalue weighted by Crippen LogP contribution is -2.30. The molecule has 0 aromatic heterocycles. The standard InChI is InChI=1S/C19H22F3N3O2/c1-4-23-18(25-15-9-10-16(26-2)17(11-15)27-3)24-12-13-5-7-14(8-6-13)19(20,21)22/h5-11H,4,12H2,1-3H3,(H2,23,24,25). The summed E-state index contributed by atoms with van der Waals surface area (Å²) in [6.07, 6.45) is -4.34. The summed E-state index contributed by atoms with van der Waals surface area (Å²) in [5, 5.41) is 6.23. The zero-order valence-electron chi connectivity index (χ0n) is 15.4. The molecule has 2 N–H and O–H groups in total. The average Bonchev–Trinajstić information content (AvgIpc) is 2.65. The van der Waals surface area contributed by atoms with Gasteiger partial charge in [0.2, 0.25) is 0 Å². The van der Waals surface area contributed by atoms with E-state index in [0.29, 0.717) is 29.6 Å². The molecule has 0 spiro atoms. The number of rotatable bonds is 6. The summed E-state index contributed by atoms with van der Waals surface area (Å²) in [7, 11) is 3.10. The van der Waals surface area contributed by atoms with Gasteiger partial charge in [0.1, 0.15) is 0 Å². The Kier molecular flexibility index (Phi) is 6.92. The number of hydrogen-bond donors (Lipinski definition) is 2. The largest absolute Gasteiger partial charge is 0.493 e. The summed E-state index contributed by atoms with van der Waals surface area (Å²) in [5.41, 5.74) is 0.734. The average molecular weight is 381 g/mol. The van der Waals surface area contributed by atoms with Crippen molar-refractivity contribution in [3.63, 3.8) is 0 Å². The van der Waals surface area contributed by atoms with Crippen LogP contribution in [0.2, 0.25) is 0 Å². The fourth-order valence-corrected chi connectivity index (χ4v) is 2.33. The predicted octanol–water partition coefficient (Wildman–Crippen LogP) is 4.30. The Morgan fingerprint density at radius 3 is 2.22 bits per heavy atom. The quantitative estimate of drug-likeness (QED) is 0.579. The summed E-state index contributed by atoms with van der Waals surface area (Å²) in [6, 6.07) is 10.3. The van der Waals surface area contributed by atoms with Gasteiger partial charge in [0.25, 0.3) is 0 Å². The van der Waals surface area contributed by atoms with Crippen molar-refractivity contribution >= 4 is 11.6 Å². The lowest BCUT2D eigenvalue weighted by molar-refractivity contribution is -0.137. The Hall–Kier alpha value is -2.90. The number of aliphatic imine (C=N–C) groups is 1. The maximum Gasteiger partial charge on any atom is 0.416 e. The molecule has 0 bridgehead atoms. The third kappa shape index (κ3) is 5.80. The van der Waals surface area contributed by atoms with Gasteiger partial charge in [0.15, 0.2) is 17.5 Å². The Balaban J connectivity index is 2.12. The molecule has 5 nitrogen and oxygen atoms in total. The highest BCUT2D eigenvalue weighted by molar-refractivity contribution is 5.93. The number of ether oxygens (including phenoxy) is 2. The number of benzene rings is 2. The van der Waals surface area contributed by atoms with Crippen LogP contribution < -0.4 is 20.1 Å². The Morgan fingerprint density at radius 2 is 1.67 bits per heavy atom. The molecule has 2 aromatic rings. The van der Waals surface area contributed by atoms with Gasteiger partial charge in [-0.05, 0) is 36.8 Å². The third-order valence-corrected chi connectivity index (χ3v) is 3.69. The van der Waals surface area contributed by atoms with Crippen molar-refractivity contribution in [1.29, 1.82) is 0 Å². The second kappa shape index (κ2) is 9.16. The van der Waals surface area contributed by atoms with E-state index in [1.807, 2.05) is 13.0 Å². The molecule has 0 saturated carbocycles. The van der Waals surface area contributed by atoms with Crippen LogP contribution in [0.4, 0.5) is 18.9 Å². The molecule has 0 unspecified atom stereocenters. The minimum atomic E-state index is -4.34. The molecule has 0 aliphatic rings. The molecule has 146 valence electrons. The molecule has 0 atom stereocenters. The van der Waals surface area contributed by atoms with Crippen LogP contribution in [0.15, 0.2) is 47.5 Å². The van der Waals surface area contributed by atoms with Crippen LogP contribution >= 0.6 is 0 Å². The monoisotopic (exact) mass is 381 g/mol. The van der Waals surface area contributed by atoms with Crippen LogP contribution in [0.25, 0.3) is 0 Å². The SMILES string of the molecule is CCNC(=NCc1ccc(C(F)(F)F)cc1)Nc1ccc(OC)c(OC)c1. The lowest BCUT2D eigenvalue weighted by Gasteiger charge is -2.14. The Labute approximate surface area is 156 Å². The van der Waals surface area contributed by atoms with Gasteiger partial charge in [-0.2, -0.15) is 13.2 Å². The van der Waals surface area contributed by atoms with E-state index in [2.05, 4.69) is 15.6 Å². The summed E-state index contributed by atoms with van der Waals surface area (Å²) in [5.74, 6) is 1.68. The molecule has 0 heterocycles. The number of hydrogen-bond acceptors (Lipinski definition) is 3.